The number of hydrogen-bond acceptors (Lipinski definition) is 3. The van der Waals surface area contributed by atoms with Gasteiger partial charge in [-0.15, -0.1) is 0 Å². The molecule has 0 saturated carbocycles. The summed E-state index contributed by atoms with van der Waals surface area (Å²) in [6, 6.07) is 14.0. The van der Waals surface area contributed by atoms with Crippen molar-refractivity contribution >= 4 is 5.91 Å². The molecule has 0 aromatic heterocycles. The third-order valence-corrected chi connectivity index (χ3v) is 4.54. The van der Waals surface area contributed by atoms with Crippen molar-refractivity contribution in [3.63, 3.8) is 0 Å². The number of aryl methyl sites for hydroxylation is 1. The maximum Gasteiger partial charge on any atom is 0.225 e. The number of carbonyl (C=O) groups is 1. The average Bonchev–Trinajstić information content (AvgIpc) is 2.62. The molecule has 1 N–H and O–H groups in total. The highest BCUT2D eigenvalue weighted by Gasteiger charge is 2.22. The monoisotopic (exact) mass is 325 g/mol. The number of nitrogens with one attached hydrogen (secondary N) is 1. The van der Waals surface area contributed by atoms with Gasteiger partial charge in [0.15, 0.2) is 0 Å². The first-order valence-corrected chi connectivity index (χ1v) is 8.29. The van der Waals surface area contributed by atoms with Gasteiger partial charge in [0, 0.05) is 5.56 Å². The summed E-state index contributed by atoms with van der Waals surface area (Å²) in [5.41, 5.74) is 3.42. The van der Waals surface area contributed by atoms with E-state index in [1.807, 2.05) is 24.3 Å². The third kappa shape index (κ3) is 3.53. The van der Waals surface area contributed by atoms with E-state index in [2.05, 4.69) is 23.5 Å². The first-order valence-electron chi connectivity index (χ1n) is 8.29. The van der Waals surface area contributed by atoms with Gasteiger partial charge >= 0.3 is 0 Å². The highest BCUT2D eigenvalue weighted by Crippen LogP contribution is 2.30. The second-order valence-corrected chi connectivity index (χ2v) is 6.07. The molecule has 0 aliphatic heterocycles. The van der Waals surface area contributed by atoms with Gasteiger partial charge in [0.2, 0.25) is 5.91 Å². The Labute approximate surface area is 142 Å². The topological polar surface area (TPSA) is 47.6 Å². The largest absolute Gasteiger partial charge is 0.497 e. The van der Waals surface area contributed by atoms with Crippen LogP contribution in [0.2, 0.25) is 0 Å². The molecule has 0 spiro atoms. The summed E-state index contributed by atoms with van der Waals surface area (Å²) < 4.78 is 10.6. The third-order valence-electron chi connectivity index (χ3n) is 4.54. The van der Waals surface area contributed by atoms with E-state index in [0.29, 0.717) is 5.75 Å². The first kappa shape index (κ1) is 16.4. The number of hydrogen-bond donors (Lipinski definition) is 1. The molecule has 4 heteroatoms. The van der Waals surface area contributed by atoms with E-state index in [9.17, 15) is 4.79 Å². The van der Waals surface area contributed by atoms with Gasteiger partial charge < -0.3 is 14.8 Å². The van der Waals surface area contributed by atoms with E-state index in [-0.39, 0.29) is 18.4 Å². The summed E-state index contributed by atoms with van der Waals surface area (Å²) in [5, 5.41) is 3.18. The van der Waals surface area contributed by atoms with Crippen LogP contribution in [-0.2, 0) is 17.6 Å². The zero-order valence-corrected chi connectivity index (χ0v) is 14.2. The Hall–Kier alpha value is -2.49. The average molecular weight is 325 g/mol. The van der Waals surface area contributed by atoms with Crippen molar-refractivity contribution in [3.05, 3.63) is 59.2 Å². The lowest BCUT2D eigenvalue weighted by Crippen LogP contribution is -2.32. The zero-order chi connectivity index (χ0) is 16.9. The normalized spacial score (nSPS) is 16.2. The number of rotatable bonds is 5. The SMILES string of the molecule is COc1ccc(OC)c(CC(=O)N[C@@H]2CCCc3ccccc32)c1. The van der Waals surface area contributed by atoms with Crippen molar-refractivity contribution < 1.29 is 14.3 Å². The second-order valence-electron chi connectivity index (χ2n) is 6.07. The van der Waals surface area contributed by atoms with Crippen LogP contribution in [0.15, 0.2) is 42.5 Å². The molecule has 0 bridgehead atoms. The number of carbonyl (C=O) groups excluding carboxylic acids is 1. The molecule has 1 atom stereocenters. The lowest BCUT2D eigenvalue weighted by Gasteiger charge is -2.26. The first-order chi connectivity index (χ1) is 11.7. The Kier molecular flexibility index (Phi) is 5.04. The van der Waals surface area contributed by atoms with E-state index in [1.54, 1.807) is 14.2 Å². The van der Waals surface area contributed by atoms with Crippen LogP contribution < -0.4 is 14.8 Å². The predicted octanol–water partition coefficient (Wildman–Crippen LogP) is 3.44. The van der Waals surface area contributed by atoms with Gasteiger partial charge in [0.1, 0.15) is 11.5 Å². The van der Waals surface area contributed by atoms with Gasteiger partial charge in [0.05, 0.1) is 26.7 Å². The fourth-order valence-electron chi connectivity index (χ4n) is 3.34. The van der Waals surface area contributed by atoms with Gasteiger partial charge in [-0.05, 0) is 48.6 Å². The van der Waals surface area contributed by atoms with Crippen molar-refractivity contribution in [3.8, 4) is 11.5 Å². The van der Waals surface area contributed by atoms with Crippen LogP contribution in [0.25, 0.3) is 0 Å². The van der Waals surface area contributed by atoms with Crippen molar-refractivity contribution in [1.82, 2.24) is 5.32 Å². The molecular weight excluding hydrogens is 302 g/mol. The summed E-state index contributed by atoms with van der Waals surface area (Å²) in [6.45, 7) is 0. The molecular formula is C20H23NO3. The van der Waals surface area contributed by atoms with Crippen LogP contribution >= 0.6 is 0 Å². The molecule has 1 aliphatic carbocycles. The van der Waals surface area contributed by atoms with Gasteiger partial charge in [-0.2, -0.15) is 0 Å². The lowest BCUT2D eigenvalue weighted by molar-refractivity contribution is -0.121. The molecule has 24 heavy (non-hydrogen) atoms. The fraction of sp³-hybridized carbons (Fsp3) is 0.350. The maximum absolute atomic E-state index is 12.6. The van der Waals surface area contributed by atoms with E-state index in [1.165, 1.54) is 11.1 Å². The number of fused-ring (bicyclic) bond motifs is 1. The minimum atomic E-state index is 0.00301. The van der Waals surface area contributed by atoms with Gasteiger partial charge in [-0.25, -0.2) is 0 Å². The summed E-state index contributed by atoms with van der Waals surface area (Å²) in [5.74, 6) is 1.43. The Bertz CT molecular complexity index is 727. The summed E-state index contributed by atoms with van der Waals surface area (Å²) in [4.78, 5) is 12.6. The smallest absolute Gasteiger partial charge is 0.225 e. The van der Waals surface area contributed by atoms with Crippen LogP contribution in [0, 0.1) is 0 Å². The number of benzene rings is 2. The Morgan fingerprint density at radius 3 is 2.79 bits per heavy atom. The number of ether oxygens (including phenoxy) is 2. The molecule has 0 unspecified atom stereocenters. The van der Waals surface area contributed by atoms with Gasteiger partial charge in [0.25, 0.3) is 0 Å². The molecule has 4 nitrogen and oxygen atoms in total. The van der Waals surface area contributed by atoms with Crippen LogP contribution in [0.3, 0.4) is 0 Å². The molecule has 0 fully saturated rings. The molecule has 2 aromatic rings. The molecule has 0 saturated heterocycles. The summed E-state index contributed by atoms with van der Waals surface area (Å²) in [7, 11) is 3.23. The van der Waals surface area contributed by atoms with E-state index in [4.69, 9.17) is 9.47 Å². The molecule has 1 amide bonds. The molecule has 1 aliphatic rings. The van der Waals surface area contributed by atoms with E-state index < -0.39 is 0 Å². The number of amides is 1. The Morgan fingerprint density at radius 2 is 2.00 bits per heavy atom. The quantitative estimate of drug-likeness (QED) is 0.916. The maximum atomic E-state index is 12.6. The van der Waals surface area contributed by atoms with Crippen LogP contribution in [0.4, 0.5) is 0 Å². The molecule has 126 valence electrons. The van der Waals surface area contributed by atoms with Crippen molar-refractivity contribution in [2.24, 2.45) is 0 Å². The van der Waals surface area contributed by atoms with Gasteiger partial charge in [-0.1, -0.05) is 24.3 Å². The molecule has 2 aromatic carbocycles. The van der Waals surface area contributed by atoms with E-state index in [0.717, 1.165) is 30.6 Å². The summed E-state index contributed by atoms with van der Waals surface area (Å²) >= 11 is 0. The standard InChI is InChI=1S/C20H23NO3/c1-23-16-10-11-19(24-2)15(12-16)13-20(22)21-18-9-5-7-14-6-3-4-8-17(14)18/h3-4,6,8,10-12,18H,5,7,9,13H2,1-2H3,(H,21,22)/t18-/m1/s1. The highest BCUT2D eigenvalue weighted by atomic mass is 16.5. The van der Waals surface area contributed by atoms with Gasteiger partial charge in [-0.3, -0.25) is 4.79 Å². The zero-order valence-electron chi connectivity index (χ0n) is 14.2. The van der Waals surface area contributed by atoms with Crippen molar-refractivity contribution in [1.29, 1.82) is 0 Å². The van der Waals surface area contributed by atoms with Crippen molar-refractivity contribution in [2.45, 2.75) is 31.7 Å². The Morgan fingerprint density at radius 1 is 1.17 bits per heavy atom. The molecule has 0 heterocycles. The van der Waals surface area contributed by atoms with E-state index >= 15 is 0 Å². The highest BCUT2D eigenvalue weighted by molar-refractivity contribution is 5.80. The van der Waals surface area contributed by atoms with Crippen molar-refractivity contribution in [2.75, 3.05) is 14.2 Å². The Balaban J connectivity index is 1.73. The second kappa shape index (κ2) is 7.39. The summed E-state index contributed by atoms with van der Waals surface area (Å²) in [6.07, 6.45) is 3.45. The van der Waals surface area contributed by atoms with Crippen LogP contribution in [0.1, 0.15) is 35.6 Å². The predicted molar refractivity (Wildman–Crippen MR) is 93.5 cm³/mol. The lowest BCUT2D eigenvalue weighted by atomic mass is 9.87. The minimum Gasteiger partial charge on any atom is -0.497 e. The minimum absolute atomic E-state index is 0.00301. The number of methoxy groups -OCH3 is 2. The molecule has 0 radical (unpaired) electrons. The van der Waals surface area contributed by atoms with Crippen LogP contribution in [0.5, 0.6) is 11.5 Å². The molecule has 3 rings (SSSR count). The fourth-order valence-corrected chi connectivity index (χ4v) is 3.34. The van der Waals surface area contributed by atoms with Crippen LogP contribution in [-0.4, -0.2) is 20.1 Å².